The number of hydrogen-bond acceptors (Lipinski definition) is 3. The molecular weight excluding hydrogens is 350 g/mol. The predicted molar refractivity (Wildman–Crippen MR) is 104 cm³/mol. The van der Waals surface area contributed by atoms with Gasteiger partial charge < -0.3 is 19.5 Å². The zero-order valence-electron chi connectivity index (χ0n) is 14.8. The fourth-order valence-electron chi connectivity index (χ4n) is 3.28. The maximum Gasteiger partial charge on any atom is 0.268 e. The van der Waals surface area contributed by atoms with Gasteiger partial charge >= 0.3 is 0 Å². The van der Waals surface area contributed by atoms with E-state index in [1.807, 2.05) is 66.0 Å². The molecule has 3 aromatic rings. The second kappa shape index (κ2) is 6.57. The molecule has 2 heterocycles. The van der Waals surface area contributed by atoms with Gasteiger partial charge in [0.25, 0.3) is 5.91 Å². The summed E-state index contributed by atoms with van der Waals surface area (Å²) in [6.45, 7) is 1.66. The number of rotatable bonds is 4. The average Bonchev–Trinajstić information content (AvgIpc) is 3.05. The van der Waals surface area contributed by atoms with Crippen molar-refractivity contribution < 1.29 is 9.53 Å². The van der Waals surface area contributed by atoms with Crippen LogP contribution in [-0.2, 0) is 13.1 Å². The van der Waals surface area contributed by atoms with Crippen molar-refractivity contribution in [3.63, 3.8) is 0 Å². The first-order chi connectivity index (χ1) is 12.5. The lowest BCUT2D eigenvalue weighted by atomic mass is 10.2. The Kier molecular flexibility index (Phi) is 4.24. The van der Waals surface area contributed by atoms with Crippen LogP contribution in [0.15, 0.2) is 42.5 Å². The molecule has 0 unspecified atom stereocenters. The summed E-state index contributed by atoms with van der Waals surface area (Å²) in [5.41, 5.74) is 3.69. The van der Waals surface area contributed by atoms with Crippen LogP contribution in [0.4, 0.5) is 5.69 Å². The zero-order valence-corrected chi connectivity index (χ0v) is 15.5. The van der Waals surface area contributed by atoms with Gasteiger partial charge in [-0.15, -0.1) is 0 Å². The number of benzene rings is 2. The number of carbonyl (C=O) groups excluding carboxylic acids is 1. The van der Waals surface area contributed by atoms with Gasteiger partial charge in [0.2, 0.25) is 0 Å². The van der Waals surface area contributed by atoms with Crippen molar-refractivity contribution >= 4 is 34.1 Å². The molecule has 0 saturated carbocycles. The molecule has 1 aromatic heterocycles. The summed E-state index contributed by atoms with van der Waals surface area (Å²) in [5, 5.41) is 4.48. The fraction of sp³-hybridized carbons (Fsp3) is 0.250. The maximum atomic E-state index is 12.8. The number of nitrogens with one attached hydrogen (secondary N) is 1. The molecule has 1 aliphatic rings. The molecule has 6 heteroatoms. The number of ether oxygens (including phenoxy) is 1. The van der Waals surface area contributed by atoms with Crippen molar-refractivity contribution in [3.8, 4) is 5.75 Å². The normalized spacial score (nSPS) is 12.7. The minimum atomic E-state index is -0.109. The van der Waals surface area contributed by atoms with Gasteiger partial charge in [-0.2, -0.15) is 0 Å². The summed E-state index contributed by atoms with van der Waals surface area (Å²) in [7, 11) is 4.01. The number of anilines is 1. The molecule has 0 radical (unpaired) electrons. The van der Waals surface area contributed by atoms with E-state index in [0.717, 1.165) is 27.9 Å². The summed E-state index contributed by atoms with van der Waals surface area (Å²) in [6, 6.07) is 13.6. The van der Waals surface area contributed by atoms with Crippen molar-refractivity contribution in [1.29, 1.82) is 0 Å². The van der Waals surface area contributed by atoms with Crippen LogP contribution in [0.2, 0.25) is 5.02 Å². The summed E-state index contributed by atoms with van der Waals surface area (Å²) in [6.07, 6.45) is 0. The van der Waals surface area contributed by atoms with Crippen LogP contribution in [0.1, 0.15) is 16.1 Å². The second-order valence-corrected chi connectivity index (χ2v) is 6.99. The van der Waals surface area contributed by atoms with Gasteiger partial charge in [0.1, 0.15) is 18.1 Å². The summed E-state index contributed by atoms with van der Waals surface area (Å²) in [4.78, 5) is 14.8. The molecule has 1 N–H and O–H groups in total. The van der Waals surface area contributed by atoms with Crippen LogP contribution >= 0.6 is 11.6 Å². The molecule has 0 aliphatic carbocycles. The Hall–Kier alpha value is -2.66. The topological polar surface area (TPSA) is 46.5 Å². The van der Waals surface area contributed by atoms with Crippen LogP contribution in [0, 0.1) is 0 Å². The van der Waals surface area contributed by atoms with E-state index in [9.17, 15) is 4.79 Å². The molecule has 0 atom stereocenters. The Bertz CT molecular complexity index is 977. The number of carbonyl (C=O) groups is 1. The van der Waals surface area contributed by atoms with Crippen LogP contribution in [0.25, 0.3) is 10.9 Å². The Balaban J connectivity index is 1.57. The predicted octanol–water partition coefficient (Wildman–Crippen LogP) is 3.68. The highest BCUT2D eigenvalue weighted by Gasteiger charge is 2.22. The van der Waals surface area contributed by atoms with Gasteiger partial charge in [-0.05, 0) is 35.9 Å². The first kappa shape index (κ1) is 16.8. The Morgan fingerprint density at radius 2 is 2.00 bits per heavy atom. The maximum absolute atomic E-state index is 12.8. The zero-order chi connectivity index (χ0) is 18.3. The fourth-order valence-corrected chi connectivity index (χ4v) is 3.49. The lowest BCUT2D eigenvalue weighted by Gasteiger charge is -2.19. The van der Waals surface area contributed by atoms with E-state index in [-0.39, 0.29) is 5.91 Å². The third-order valence-corrected chi connectivity index (χ3v) is 5.01. The molecule has 1 aliphatic heterocycles. The van der Waals surface area contributed by atoms with Crippen molar-refractivity contribution in [3.05, 3.63) is 58.7 Å². The van der Waals surface area contributed by atoms with Crippen molar-refractivity contribution in [1.82, 2.24) is 9.88 Å². The van der Waals surface area contributed by atoms with Crippen LogP contribution < -0.4 is 15.0 Å². The Morgan fingerprint density at radius 3 is 2.73 bits per heavy atom. The number of aromatic nitrogens is 1. The van der Waals surface area contributed by atoms with Crippen molar-refractivity contribution in [2.45, 2.75) is 13.1 Å². The summed E-state index contributed by atoms with van der Waals surface area (Å²) >= 11 is 6.31. The lowest BCUT2D eigenvalue weighted by Crippen LogP contribution is -2.27. The first-order valence-corrected chi connectivity index (χ1v) is 8.91. The second-order valence-electron chi connectivity index (χ2n) is 6.58. The van der Waals surface area contributed by atoms with Crippen molar-refractivity contribution in [2.24, 2.45) is 0 Å². The molecule has 5 nitrogen and oxygen atoms in total. The minimum absolute atomic E-state index is 0.109. The molecule has 134 valence electrons. The van der Waals surface area contributed by atoms with E-state index < -0.39 is 0 Å². The third-order valence-electron chi connectivity index (χ3n) is 4.68. The van der Waals surface area contributed by atoms with E-state index in [1.54, 1.807) is 0 Å². The quantitative estimate of drug-likeness (QED) is 0.763. The lowest BCUT2D eigenvalue weighted by molar-refractivity contribution is 0.0940. The highest BCUT2D eigenvalue weighted by Crippen LogP contribution is 2.36. The summed E-state index contributed by atoms with van der Waals surface area (Å²) in [5.74, 6) is 0.663. The van der Waals surface area contributed by atoms with Crippen molar-refractivity contribution in [2.75, 3.05) is 25.6 Å². The molecule has 0 saturated heterocycles. The largest absolute Gasteiger partial charge is 0.490 e. The van der Waals surface area contributed by atoms with E-state index in [4.69, 9.17) is 16.3 Å². The number of halogens is 1. The van der Waals surface area contributed by atoms with E-state index in [0.29, 0.717) is 30.4 Å². The molecule has 0 spiro atoms. The minimum Gasteiger partial charge on any atom is -0.490 e. The first-order valence-electron chi connectivity index (χ1n) is 8.53. The highest BCUT2D eigenvalue weighted by molar-refractivity contribution is 6.36. The standard InChI is InChI=1S/C20H20ClN3O2/c1-23(2)14-5-3-13(4-6-14)12-22-20(25)17-11-15-16(21)7-8-18-19(15)24(17)9-10-26-18/h3-8,11H,9-10,12H2,1-2H3,(H,22,25). The molecule has 0 bridgehead atoms. The van der Waals surface area contributed by atoms with E-state index in [2.05, 4.69) is 5.32 Å². The molecular formula is C20H20ClN3O2. The number of hydrogen-bond donors (Lipinski definition) is 1. The highest BCUT2D eigenvalue weighted by atomic mass is 35.5. The average molecular weight is 370 g/mol. The van der Waals surface area contributed by atoms with Gasteiger partial charge in [-0.1, -0.05) is 23.7 Å². The SMILES string of the molecule is CN(C)c1ccc(CNC(=O)c2cc3c(Cl)ccc4c3n2CCO4)cc1. The molecule has 2 aromatic carbocycles. The smallest absolute Gasteiger partial charge is 0.268 e. The van der Waals surface area contributed by atoms with Gasteiger partial charge in [-0.3, -0.25) is 4.79 Å². The van der Waals surface area contributed by atoms with Gasteiger partial charge in [0.05, 0.1) is 17.1 Å². The molecule has 4 rings (SSSR count). The van der Waals surface area contributed by atoms with Gasteiger partial charge in [-0.25, -0.2) is 0 Å². The number of nitrogens with zero attached hydrogens (tertiary/aromatic N) is 2. The van der Waals surface area contributed by atoms with E-state index >= 15 is 0 Å². The number of amides is 1. The Morgan fingerprint density at radius 1 is 1.23 bits per heavy atom. The van der Waals surface area contributed by atoms with E-state index in [1.165, 1.54) is 0 Å². The van der Waals surface area contributed by atoms with Gasteiger partial charge in [0, 0.05) is 31.7 Å². The van der Waals surface area contributed by atoms with Crippen LogP contribution in [-0.4, -0.2) is 31.2 Å². The molecule has 1 amide bonds. The van der Waals surface area contributed by atoms with Crippen LogP contribution in [0.3, 0.4) is 0 Å². The van der Waals surface area contributed by atoms with Crippen LogP contribution in [0.5, 0.6) is 5.75 Å². The molecule has 0 fully saturated rings. The van der Waals surface area contributed by atoms with Gasteiger partial charge in [0.15, 0.2) is 0 Å². The third kappa shape index (κ3) is 2.88. The Labute approximate surface area is 157 Å². The molecule has 26 heavy (non-hydrogen) atoms. The summed E-state index contributed by atoms with van der Waals surface area (Å²) < 4.78 is 7.68. The monoisotopic (exact) mass is 369 g/mol.